The quantitative estimate of drug-likeness (QED) is 0.447. The number of allylic oxidation sites excluding steroid dienone is 3. The SMILES string of the molecule is C=CCC[C@@]1(OCc2ccccc2)[C@@H](C(=O)[C@@H]2C[C@H](C=C)C[C@@H]2C=C)O[C@@H]2OC(C)(C)O[C@@H]21. The van der Waals surface area contributed by atoms with Crippen LogP contribution in [0.25, 0.3) is 0 Å². The fourth-order valence-corrected chi connectivity index (χ4v) is 5.57. The third kappa shape index (κ3) is 4.65. The summed E-state index contributed by atoms with van der Waals surface area (Å²) in [5.41, 5.74) is 0.0530. The van der Waals surface area contributed by atoms with Gasteiger partial charge in [-0.3, -0.25) is 4.79 Å². The van der Waals surface area contributed by atoms with E-state index in [1.807, 2.05) is 62.4 Å². The minimum atomic E-state index is -0.975. The minimum absolute atomic E-state index is 0.0424. The van der Waals surface area contributed by atoms with Crippen LogP contribution < -0.4 is 0 Å². The van der Waals surface area contributed by atoms with Crippen molar-refractivity contribution in [3.8, 4) is 0 Å². The van der Waals surface area contributed by atoms with E-state index >= 15 is 0 Å². The van der Waals surface area contributed by atoms with E-state index < -0.39 is 29.9 Å². The molecular formula is C28H36O5. The Morgan fingerprint density at radius 3 is 2.55 bits per heavy atom. The fraction of sp³-hybridized carbons (Fsp3) is 0.536. The molecule has 2 aliphatic heterocycles. The highest BCUT2D eigenvalue weighted by molar-refractivity contribution is 5.88. The first-order valence-corrected chi connectivity index (χ1v) is 11.9. The molecule has 178 valence electrons. The Morgan fingerprint density at radius 2 is 1.88 bits per heavy atom. The van der Waals surface area contributed by atoms with Crippen LogP contribution in [0, 0.1) is 17.8 Å². The number of ketones is 1. The van der Waals surface area contributed by atoms with E-state index in [4.69, 9.17) is 18.9 Å². The molecule has 0 bridgehead atoms. The van der Waals surface area contributed by atoms with Crippen LogP contribution in [0.2, 0.25) is 0 Å². The van der Waals surface area contributed by atoms with Crippen molar-refractivity contribution in [2.45, 2.75) is 76.0 Å². The highest BCUT2D eigenvalue weighted by Crippen LogP contribution is 2.50. The molecule has 2 heterocycles. The average Bonchev–Trinajstić information content (AvgIpc) is 3.46. The van der Waals surface area contributed by atoms with Gasteiger partial charge in [-0.1, -0.05) is 48.6 Å². The van der Waals surface area contributed by atoms with Gasteiger partial charge in [-0.2, -0.15) is 0 Å². The Bertz CT molecular complexity index is 878. The zero-order valence-electron chi connectivity index (χ0n) is 19.8. The second-order valence-corrected chi connectivity index (χ2v) is 9.87. The molecule has 3 aliphatic rings. The molecule has 1 aromatic carbocycles. The minimum Gasteiger partial charge on any atom is -0.364 e. The molecule has 0 N–H and O–H groups in total. The van der Waals surface area contributed by atoms with Crippen LogP contribution in [0.3, 0.4) is 0 Å². The molecule has 0 unspecified atom stereocenters. The third-order valence-corrected chi connectivity index (χ3v) is 7.25. The van der Waals surface area contributed by atoms with Gasteiger partial charge in [-0.05, 0) is 56.9 Å². The van der Waals surface area contributed by atoms with Crippen molar-refractivity contribution in [1.29, 1.82) is 0 Å². The van der Waals surface area contributed by atoms with Crippen molar-refractivity contribution >= 4 is 5.78 Å². The van der Waals surface area contributed by atoms with Crippen LogP contribution in [0.5, 0.6) is 0 Å². The summed E-state index contributed by atoms with van der Waals surface area (Å²) in [4.78, 5) is 14.0. The van der Waals surface area contributed by atoms with Crippen LogP contribution in [0.15, 0.2) is 68.3 Å². The second-order valence-electron chi connectivity index (χ2n) is 9.87. The third-order valence-electron chi connectivity index (χ3n) is 7.25. The number of benzene rings is 1. The summed E-state index contributed by atoms with van der Waals surface area (Å²) >= 11 is 0. The van der Waals surface area contributed by atoms with Crippen LogP contribution in [0.4, 0.5) is 0 Å². The van der Waals surface area contributed by atoms with Crippen LogP contribution in [-0.4, -0.2) is 35.7 Å². The smallest absolute Gasteiger partial charge is 0.191 e. The van der Waals surface area contributed by atoms with Gasteiger partial charge in [0.25, 0.3) is 0 Å². The molecule has 1 aromatic rings. The van der Waals surface area contributed by atoms with Gasteiger partial charge in [0, 0.05) is 5.92 Å². The molecule has 0 radical (unpaired) electrons. The molecule has 1 aliphatic carbocycles. The van der Waals surface area contributed by atoms with Crippen molar-refractivity contribution in [1.82, 2.24) is 0 Å². The predicted molar refractivity (Wildman–Crippen MR) is 127 cm³/mol. The van der Waals surface area contributed by atoms with E-state index in [0.717, 1.165) is 18.4 Å². The number of Topliss-reactive ketones (excluding diaryl/α,β-unsaturated/α-hetero) is 1. The number of rotatable bonds is 10. The van der Waals surface area contributed by atoms with Gasteiger partial charge in [-0.25, -0.2) is 0 Å². The Balaban J connectivity index is 1.68. The van der Waals surface area contributed by atoms with E-state index in [1.165, 1.54) is 0 Å². The molecular weight excluding hydrogens is 416 g/mol. The summed E-state index contributed by atoms with van der Waals surface area (Å²) in [5.74, 6) is -0.577. The topological polar surface area (TPSA) is 54.0 Å². The van der Waals surface area contributed by atoms with E-state index in [-0.39, 0.29) is 17.6 Å². The number of fused-ring (bicyclic) bond motifs is 1. The first-order valence-electron chi connectivity index (χ1n) is 11.9. The van der Waals surface area contributed by atoms with E-state index in [1.54, 1.807) is 0 Å². The average molecular weight is 453 g/mol. The molecule has 7 atom stereocenters. The summed E-state index contributed by atoms with van der Waals surface area (Å²) < 4.78 is 25.4. The normalized spacial score (nSPS) is 36.9. The van der Waals surface area contributed by atoms with Gasteiger partial charge >= 0.3 is 0 Å². The lowest BCUT2D eigenvalue weighted by Gasteiger charge is -2.38. The lowest BCUT2D eigenvalue weighted by molar-refractivity contribution is -0.238. The maximum Gasteiger partial charge on any atom is 0.191 e. The maximum atomic E-state index is 14.0. The standard InChI is InChI=1S/C28H36O5/c1-6-9-15-28(30-18-20-13-11-10-12-14-20)24(31-26-25(28)32-27(4,5)33-26)23(29)22-17-19(7-2)16-21(22)8-3/h6-8,10-14,19,21-22,24-26H,1-3,9,15-18H2,4-5H3/t19-,21+,22-,24-,25+,26-,28-/m1/s1. The fourth-order valence-electron chi connectivity index (χ4n) is 5.57. The molecule has 33 heavy (non-hydrogen) atoms. The van der Waals surface area contributed by atoms with Crippen molar-refractivity contribution in [3.63, 3.8) is 0 Å². The van der Waals surface area contributed by atoms with Crippen molar-refractivity contribution in [3.05, 3.63) is 73.9 Å². The van der Waals surface area contributed by atoms with Crippen LogP contribution in [0.1, 0.15) is 45.1 Å². The number of carbonyl (C=O) groups is 1. The molecule has 1 saturated carbocycles. The highest BCUT2D eigenvalue weighted by atomic mass is 16.8. The summed E-state index contributed by atoms with van der Waals surface area (Å²) in [6.45, 7) is 15.9. The summed E-state index contributed by atoms with van der Waals surface area (Å²) in [6, 6.07) is 9.96. The zero-order chi connectivity index (χ0) is 23.6. The largest absolute Gasteiger partial charge is 0.364 e. The Hall–Kier alpha value is -2.05. The van der Waals surface area contributed by atoms with Gasteiger partial charge in [0.15, 0.2) is 24.0 Å². The lowest BCUT2D eigenvalue weighted by Crippen LogP contribution is -2.55. The molecule has 0 amide bonds. The van der Waals surface area contributed by atoms with Gasteiger partial charge < -0.3 is 18.9 Å². The van der Waals surface area contributed by atoms with Crippen molar-refractivity contribution < 1.29 is 23.7 Å². The Morgan fingerprint density at radius 1 is 1.12 bits per heavy atom. The molecule has 2 saturated heterocycles. The summed E-state index contributed by atoms with van der Waals surface area (Å²) in [6.07, 6.45) is 6.58. The van der Waals surface area contributed by atoms with Gasteiger partial charge in [0.2, 0.25) is 0 Å². The summed E-state index contributed by atoms with van der Waals surface area (Å²) in [5, 5.41) is 0. The van der Waals surface area contributed by atoms with E-state index in [0.29, 0.717) is 25.4 Å². The monoisotopic (exact) mass is 452 g/mol. The Kier molecular flexibility index (Phi) is 7.06. The van der Waals surface area contributed by atoms with Gasteiger partial charge in [-0.15, -0.1) is 19.7 Å². The van der Waals surface area contributed by atoms with Crippen LogP contribution in [-0.2, 0) is 30.3 Å². The number of carbonyl (C=O) groups excluding carboxylic acids is 1. The maximum absolute atomic E-state index is 14.0. The van der Waals surface area contributed by atoms with Crippen molar-refractivity contribution in [2.24, 2.45) is 17.8 Å². The lowest BCUT2D eigenvalue weighted by atomic mass is 9.79. The van der Waals surface area contributed by atoms with E-state index in [9.17, 15) is 4.79 Å². The van der Waals surface area contributed by atoms with E-state index in [2.05, 4.69) is 19.7 Å². The molecule has 5 heteroatoms. The number of hydrogen-bond acceptors (Lipinski definition) is 5. The Labute approximate surface area is 197 Å². The molecule has 0 aromatic heterocycles. The zero-order valence-corrected chi connectivity index (χ0v) is 19.8. The highest BCUT2D eigenvalue weighted by Gasteiger charge is 2.66. The second kappa shape index (κ2) is 9.67. The summed E-state index contributed by atoms with van der Waals surface area (Å²) in [7, 11) is 0. The van der Waals surface area contributed by atoms with Crippen molar-refractivity contribution in [2.75, 3.05) is 0 Å². The number of ether oxygens (including phenoxy) is 4. The first kappa shape index (κ1) is 24.1. The molecule has 3 fully saturated rings. The van der Waals surface area contributed by atoms with Gasteiger partial charge in [0.05, 0.1) is 6.61 Å². The molecule has 5 nitrogen and oxygen atoms in total. The molecule has 4 rings (SSSR count). The predicted octanol–water partition coefficient (Wildman–Crippen LogP) is 5.37. The van der Waals surface area contributed by atoms with Gasteiger partial charge in [0.1, 0.15) is 11.7 Å². The number of hydrogen-bond donors (Lipinski definition) is 0. The van der Waals surface area contributed by atoms with Crippen LogP contribution >= 0.6 is 0 Å². The molecule has 0 spiro atoms. The first-order chi connectivity index (χ1) is 15.8.